The van der Waals surface area contributed by atoms with E-state index < -0.39 is 0 Å². The van der Waals surface area contributed by atoms with Crippen LogP contribution in [-0.4, -0.2) is 39.9 Å². The molecule has 0 saturated heterocycles. The average molecular weight is 236 g/mol. The van der Waals surface area contributed by atoms with Crippen LogP contribution in [0.15, 0.2) is 24.3 Å². The van der Waals surface area contributed by atoms with Crippen LogP contribution in [0.25, 0.3) is 0 Å². The fourth-order valence-electron chi connectivity index (χ4n) is 1.72. The van der Waals surface area contributed by atoms with Crippen LogP contribution in [0.4, 0.5) is 5.69 Å². The van der Waals surface area contributed by atoms with E-state index in [-0.39, 0.29) is 0 Å². The second kappa shape index (κ2) is 7.30. The molecule has 0 bridgehead atoms. The van der Waals surface area contributed by atoms with E-state index in [9.17, 15) is 0 Å². The van der Waals surface area contributed by atoms with Crippen LogP contribution in [-0.2, 0) is 4.74 Å². The molecular formula is C14H24N2O. The van der Waals surface area contributed by atoms with Gasteiger partial charge < -0.3 is 15.0 Å². The SMILES string of the molecule is COCC(C)NCCN(C)c1ccc(C)cc1. The number of anilines is 1. The highest BCUT2D eigenvalue weighted by Crippen LogP contribution is 2.12. The second-order valence-electron chi connectivity index (χ2n) is 4.57. The molecule has 1 atom stereocenters. The number of rotatable bonds is 7. The van der Waals surface area contributed by atoms with E-state index in [1.807, 2.05) is 0 Å². The van der Waals surface area contributed by atoms with Gasteiger partial charge in [0.05, 0.1) is 6.61 Å². The Bertz CT molecular complexity index is 311. The van der Waals surface area contributed by atoms with Crippen molar-refractivity contribution in [1.29, 1.82) is 0 Å². The summed E-state index contributed by atoms with van der Waals surface area (Å²) in [4.78, 5) is 2.26. The second-order valence-corrected chi connectivity index (χ2v) is 4.57. The number of aryl methyl sites for hydroxylation is 1. The van der Waals surface area contributed by atoms with Crippen molar-refractivity contribution in [3.63, 3.8) is 0 Å². The molecule has 0 amide bonds. The van der Waals surface area contributed by atoms with E-state index in [1.54, 1.807) is 7.11 Å². The normalized spacial score (nSPS) is 12.5. The molecule has 1 unspecified atom stereocenters. The highest BCUT2D eigenvalue weighted by molar-refractivity contribution is 5.46. The highest BCUT2D eigenvalue weighted by Gasteiger charge is 2.02. The minimum Gasteiger partial charge on any atom is -0.383 e. The summed E-state index contributed by atoms with van der Waals surface area (Å²) in [6.45, 7) is 6.97. The molecule has 0 aliphatic rings. The molecule has 1 aromatic rings. The first kappa shape index (κ1) is 14.0. The van der Waals surface area contributed by atoms with Crippen molar-refractivity contribution in [3.8, 4) is 0 Å². The third kappa shape index (κ3) is 5.20. The standard InChI is InChI=1S/C14H24N2O/c1-12-5-7-14(8-6-12)16(3)10-9-15-13(2)11-17-4/h5-8,13,15H,9-11H2,1-4H3. The van der Waals surface area contributed by atoms with Crippen molar-refractivity contribution in [3.05, 3.63) is 29.8 Å². The predicted molar refractivity (Wildman–Crippen MR) is 73.8 cm³/mol. The van der Waals surface area contributed by atoms with Crippen LogP contribution in [0, 0.1) is 6.92 Å². The zero-order valence-corrected chi connectivity index (χ0v) is 11.4. The van der Waals surface area contributed by atoms with Gasteiger partial charge in [-0.3, -0.25) is 0 Å². The van der Waals surface area contributed by atoms with E-state index >= 15 is 0 Å². The summed E-state index contributed by atoms with van der Waals surface area (Å²) < 4.78 is 5.08. The van der Waals surface area contributed by atoms with Crippen LogP contribution in [0.3, 0.4) is 0 Å². The van der Waals surface area contributed by atoms with Crippen molar-refractivity contribution in [1.82, 2.24) is 5.32 Å². The monoisotopic (exact) mass is 236 g/mol. The van der Waals surface area contributed by atoms with E-state index in [2.05, 4.69) is 55.4 Å². The molecule has 3 nitrogen and oxygen atoms in total. The maximum Gasteiger partial charge on any atom is 0.0613 e. The molecule has 1 rings (SSSR count). The van der Waals surface area contributed by atoms with Crippen LogP contribution in [0.2, 0.25) is 0 Å². The zero-order valence-electron chi connectivity index (χ0n) is 11.4. The molecule has 1 aromatic carbocycles. The van der Waals surface area contributed by atoms with Crippen LogP contribution in [0.5, 0.6) is 0 Å². The van der Waals surface area contributed by atoms with Gasteiger partial charge in [0.2, 0.25) is 0 Å². The van der Waals surface area contributed by atoms with Crippen molar-refractivity contribution in [2.75, 3.05) is 38.8 Å². The molecule has 0 aliphatic heterocycles. The number of nitrogens with zero attached hydrogens (tertiary/aromatic N) is 1. The molecule has 17 heavy (non-hydrogen) atoms. The number of methoxy groups -OCH3 is 1. The number of ether oxygens (including phenoxy) is 1. The fourth-order valence-corrected chi connectivity index (χ4v) is 1.72. The average Bonchev–Trinajstić information content (AvgIpc) is 2.30. The molecule has 0 aliphatic carbocycles. The molecule has 0 heterocycles. The van der Waals surface area contributed by atoms with Gasteiger partial charge >= 0.3 is 0 Å². The number of hydrogen-bond acceptors (Lipinski definition) is 3. The Kier molecular flexibility index (Phi) is 6.01. The molecule has 3 heteroatoms. The molecular weight excluding hydrogens is 212 g/mol. The third-order valence-corrected chi connectivity index (χ3v) is 2.83. The van der Waals surface area contributed by atoms with Crippen LogP contribution < -0.4 is 10.2 Å². The van der Waals surface area contributed by atoms with Gasteiger partial charge in [0.15, 0.2) is 0 Å². The van der Waals surface area contributed by atoms with Crippen molar-refractivity contribution >= 4 is 5.69 Å². The lowest BCUT2D eigenvalue weighted by molar-refractivity contribution is 0.173. The summed E-state index contributed by atoms with van der Waals surface area (Å²) in [5, 5.41) is 3.43. The Morgan fingerprint density at radius 1 is 1.29 bits per heavy atom. The van der Waals surface area contributed by atoms with Gasteiger partial charge in [0, 0.05) is 39.0 Å². The van der Waals surface area contributed by atoms with Gasteiger partial charge in [0.25, 0.3) is 0 Å². The van der Waals surface area contributed by atoms with Gasteiger partial charge in [-0.25, -0.2) is 0 Å². The largest absolute Gasteiger partial charge is 0.383 e. The van der Waals surface area contributed by atoms with Crippen molar-refractivity contribution in [2.45, 2.75) is 19.9 Å². The van der Waals surface area contributed by atoms with E-state index in [1.165, 1.54) is 11.3 Å². The predicted octanol–water partition coefficient (Wildman–Crippen LogP) is 2.06. The third-order valence-electron chi connectivity index (χ3n) is 2.83. The Hall–Kier alpha value is -1.06. The molecule has 0 spiro atoms. The first-order valence-electron chi connectivity index (χ1n) is 6.13. The molecule has 0 fully saturated rings. The highest BCUT2D eigenvalue weighted by atomic mass is 16.5. The minimum atomic E-state index is 0.409. The summed E-state index contributed by atoms with van der Waals surface area (Å²) in [7, 11) is 3.85. The Morgan fingerprint density at radius 2 is 1.94 bits per heavy atom. The van der Waals surface area contributed by atoms with Crippen LogP contribution >= 0.6 is 0 Å². The lowest BCUT2D eigenvalue weighted by atomic mass is 10.2. The first-order valence-corrected chi connectivity index (χ1v) is 6.13. The van der Waals surface area contributed by atoms with Gasteiger partial charge in [-0.2, -0.15) is 0 Å². The Morgan fingerprint density at radius 3 is 2.53 bits per heavy atom. The number of benzene rings is 1. The summed E-state index contributed by atoms with van der Waals surface area (Å²) in [6, 6.07) is 9.02. The van der Waals surface area contributed by atoms with E-state index in [4.69, 9.17) is 4.74 Å². The number of likely N-dealkylation sites (N-methyl/N-ethyl adjacent to an activating group) is 1. The smallest absolute Gasteiger partial charge is 0.0613 e. The molecule has 1 N–H and O–H groups in total. The Labute approximate surface area is 105 Å². The fraction of sp³-hybridized carbons (Fsp3) is 0.571. The zero-order chi connectivity index (χ0) is 12.7. The molecule has 0 aromatic heterocycles. The lowest BCUT2D eigenvalue weighted by Gasteiger charge is -2.21. The number of hydrogen-bond donors (Lipinski definition) is 1. The summed E-state index contributed by atoms with van der Waals surface area (Å²) in [5.74, 6) is 0. The van der Waals surface area contributed by atoms with Crippen LogP contribution in [0.1, 0.15) is 12.5 Å². The first-order chi connectivity index (χ1) is 8.13. The Balaban J connectivity index is 2.29. The van der Waals surface area contributed by atoms with Crippen molar-refractivity contribution in [2.24, 2.45) is 0 Å². The number of nitrogens with one attached hydrogen (secondary N) is 1. The van der Waals surface area contributed by atoms with Gasteiger partial charge in [-0.15, -0.1) is 0 Å². The van der Waals surface area contributed by atoms with E-state index in [0.29, 0.717) is 6.04 Å². The summed E-state index contributed by atoms with van der Waals surface area (Å²) in [6.07, 6.45) is 0. The quantitative estimate of drug-likeness (QED) is 0.784. The molecule has 96 valence electrons. The maximum atomic E-state index is 5.08. The van der Waals surface area contributed by atoms with Gasteiger partial charge in [0.1, 0.15) is 0 Å². The van der Waals surface area contributed by atoms with Crippen molar-refractivity contribution < 1.29 is 4.74 Å². The maximum absolute atomic E-state index is 5.08. The van der Waals surface area contributed by atoms with E-state index in [0.717, 1.165) is 19.7 Å². The van der Waals surface area contributed by atoms with Gasteiger partial charge in [-0.1, -0.05) is 17.7 Å². The minimum absolute atomic E-state index is 0.409. The molecule has 0 radical (unpaired) electrons. The topological polar surface area (TPSA) is 24.5 Å². The summed E-state index contributed by atoms with van der Waals surface area (Å²) in [5.41, 5.74) is 2.56. The van der Waals surface area contributed by atoms with Gasteiger partial charge in [-0.05, 0) is 26.0 Å². The molecule has 0 saturated carbocycles. The summed E-state index contributed by atoms with van der Waals surface area (Å²) >= 11 is 0. The lowest BCUT2D eigenvalue weighted by Crippen LogP contribution is -2.36.